The van der Waals surface area contributed by atoms with E-state index in [-0.39, 0.29) is 5.88 Å². The molecule has 1 aromatic carbocycles. The number of aryl methyl sites for hydroxylation is 2. The Morgan fingerprint density at radius 3 is 2.81 bits per heavy atom. The summed E-state index contributed by atoms with van der Waals surface area (Å²) in [7, 11) is 1.78. The molecule has 21 heavy (non-hydrogen) atoms. The quantitative estimate of drug-likeness (QED) is 0.932. The highest BCUT2D eigenvalue weighted by molar-refractivity contribution is 5.39. The van der Waals surface area contributed by atoms with Crippen LogP contribution in [0.1, 0.15) is 29.5 Å². The van der Waals surface area contributed by atoms with E-state index in [4.69, 9.17) is 4.74 Å². The van der Waals surface area contributed by atoms with Crippen molar-refractivity contribution < 1.29 is 9.13 Å². The lowest BCUT2D eigenvalue weighted by atomic mass is 9.92. The van der Waals surface area contributed by atoms with Crippen LogP contribution < -0.4 is 10.1 Å². The zero-order chi connectivity index (χ0) is 14.7. The molecule has 110 valence electrons. The molecule has 0 radical (unpaired) electrons. The lowest BCUT2D eigenvalue weighted by Gasteiger charge is -2.16. The normalized spacial score (nSPS) is 13.8. The first kappa shape index (κ1) is 14.0. The van der Waals surface area contributed by atoms with E-state index in [1.807, 2.05) is 12.1 Å². The summed E-state index contributed by atoms with van der Waals surface area (Å²) in [4.78, 5) is 4.00. The molecule has 1 N–H and O–H groups in total. The highest BCUT2D eigenvalue weighted by Gasteiger charge is 2.14. The van der Waals surface area contributed by atoms with Crippen LogP contribution in [0, 0.1) is 5.82 Å². The molecule has 0 spiro atoms. The van der Waals surface area contributed by atoms with Gasteiger partial charge in [-0.15, -0.1) is 0 Å². The minimum Gasteiger partial charge on any atom is -0.436 e. The molecule has 3 rings (SSSR count). The third-order valence-electron chi connectivity index (χ3n) is 3.84. The van der Waals surface area contributed by atoms with E-state index in [2.05, 4.69) is 16.4 Å². The first-order valence-electron chi connectivity index (χ1n) is 7.35. The van der Waals surface area contributed by atoms with Crippen LogP contribution in [0.25, 0.3) is 0 Å². The summed E-state index contributed by atoms with van der Waals surface area (Å²) in [5, 5.41) is 2.93. The average Bonchev–Trinajstić information content (AvgIpc) is 2.51. The van der Waals surface area contributed by atoms with Gasteiger partial charge in [0.25, 0.3) is 5.88 Å². The maximum atomic E-state index is 14.3. The van der Waals surface area contributed by atoms with Crippen molar-refractivity contribution in [3.05, 3.63) is 53.0 Å². The highest BCUT2D eigenvalue weighted by Crippen LogP contribution is 2.29. The second-order valence-electron chi connectivity index (χ2n) is 5.36. The fraction of sp³-hybridized carbons (Fsp3) is 0.353. The van der Waals surface area contributed by atoms with Crippen molar-refractivity contribution >= 4 is 0 Å². The van der Waals surface area contributed by atoms with Crippen molar-refractivity contribution in [2.45, 2.75) is 32.2 Å². The summed E-state index contributed by atoms with van der Waals surface area (Å²) in [5.41, 5.74) is 3.25. The number of ether oxygens (including phenoxy) is 1. The van der Waals surface area contributed by atoms with E-state index in [0.717, 1.165) is 12.8 Å². The molecule has 0 fully saturated rings. The molecule has 1 aromatic heterocycles. The monoisotopic (exact) mass is 286 g/mol. The molecule has 1 aliphatic rings. The van der Waals surface area contributed by atoms with Crippen molar-refractivity contribution in [1.29, 1.82) is 0 Å². The van der Waals surface area contributed by atoms with Crippen molar-refractivity contribution in [2.75, 3.05) is 7.05 Å². The average molecular weight is 286 g/mol. The number of benzene rings is 1. The number of pyridine rings is 1. The van der Waals surface area contributed by atoms with E-state index in [0.29, 0.717) is 17.9 Å². The van der Waals surface area contributed by atoms with Gasteiger partial charge in [-0.2, -0.15) is 0 Å². The van der Waals surface area contributed by atoms with Gasteiger partial charge in [-0.05, 0) is 62.1 Å². The Hall–Kier alpha value is -1.94. The van der Waals surface area contributed by atoms with Crippen LogP contribution in [0.15, 0.2) is 30.5 Å². The number of halogens is 1. The Morgan fingerprint density at radius 1 is 1.19 bits per heavy atom. The maximum Gasteiger partial charge on any atom is 0.256 e. The SMILES string of the molecule is CNCc1ccnc(Oc2ccc3c(c2)CCCC3)c1F. The van der Waals surface area contributed by atoms with E-state index in [1.165, 1.54) is 24.0 Å². The second kappa shape index (κ2) is 6.22. The number of aromatic nitrogens is 1. The van der Waals surface area contributed by atoms with Gasteiger partial charge in [0.15, 0.2) is 5.82 Å². The topological polar surface area (TPSA) is 34.2 Å². The molecule has 0 saturated carbocycles. The van der Waals surface area contributed by atoms with E-state index < -0.39 is 5.82 Å². The molecule has 3 nitrogen and oxygen atoms in total. The highest BCUT2D eigenvalue weighted by atomic mass is 19.1. The molecule has 0 aliphatic heterocycles. The zero-order valence-electron chi connectivity index (χ0n) is 12.2. The van der Waals surface area contributed by atoms with Crippen LogP contribution in [0.2, 0.25) is 0 Å². The standard InChI is InChI=1S/C17H19FN2O/c1-19-11-14-8-9-20-17(16(14)18)21-15-7-6-12-4-2-3-5-13(12)10-15/h6-10,19H,2-5,11H2,1H3. The van der Waals surface area contributed by atoms with Crippen LogP contribution >= 0.6 is 0 Å². The third kappa shape index (κ3) is 3.05. The van der Waals surface area contributed by atoms with Crippen LogP contribution in [0.4, 0.5) is 4.39 Å². The Morgan fingerprint density at radius 2 is 2.00 bits per heavy atom. The first-order valence-corrected chi connectivity index (χ1v) is 7.35. The lowest BCUT2D eigenvalue weighted by Crippen LogP contribution is -2.08. The summed E-state index contributed by atoms with van der Waals surface area (Å²) < 4.78 is 19.9. The van der Waals surface area contributed by atoms with Crippen molar-refractivity contribution in [1.82, 2.24) is 10.3 Å². The molecule has 0 saturated heterocycles. The minimum absolute atomic E-state index is 0.0403. The van der Waals surface area contributed by atoms with Crippen molar-refractivity contribution in [3.8, 4) is 11.6 Å². The van der Waals surface area contributed by atoms with Gasteiger partial charge < -0.3 is 10.1 Å². The van der Waals surface area contributed by atoms with Crippen molar-refractivity contribution in [3.63, 3.8) is 0 Å². The number of nitrogens with one attached hydrogen (secondary N) is 1. The van der Waals surface area contributed by atoms with E-state index in [9.17, 15) is 4.39 Å². The third-order valence-corrected chi connectivity index (χ3v) is 3.84. The van der Waals surface area contributed by atoms with Crippen LogP contribution in [0.3, 0.4) is 0 Å². The summed E-state index contributed by atoms with van der Waals surface area (Å²) in [5.74, 6) is 0.298. The first-order chi connectivity index (χ1) is 10.3. The largest absolute Gasteiger partial charge is 0.436 e. The fourth-order valence-electron chi connectivity index (χ4n) is 2.75. The molecule has 0 unspecified atom stereocenters. The van der Waals surface area contributed by atoms with Crippen LogP contribution in [-0.2, 0) is 19.4 Å². The Bertz CT molecular complexity index is 643. The second-order valence-corrected chi connectivity index (χ2v) is 5.36. The number of hydrogen-bond acceptors (Lipinski definition) is 3. The summed E-state index contributed by atoms with van der Waals surface area (Å²) in [6.07, 6.45) is 6.22. The number of hydrogen-bond donors (Lipinski definition) is 1. The molecule has 1 aliphatic carbocycles. The number of nitrogens with zero attached hydrogens (tertiary/aromatic N) is 1. The minimum atomic E-state index is -0.399. The fourth-order valence-corrected chi connectivity index (χ4v) is 2.75. The molecule has 0 atom stereocenters. The molecule has 2 aromatic rings. The Balaban J connectivity index is 1.85. The number of fused-ring (bicyclic) bond motifs is 1. The Labute approximate surface area is 124 Å². The van der Waals surface area contributed by atoms with E-state index in [1.54, 1.807) is 19.3 Å². The molecule has 0 amide bonds. The molecular formula is C17H19FN2O. The van der Waals surface area contributed by atoms with Gasteiger partial charge in [0, 0.05) is 18.3 Å². The van der Waals surface area contributed by atoms with E-state index >= 15 is 0 Å². The predicted octanol–water partition coefficient (Wildman–Crippen LogP) is 3.61. The van der Waals surface area contributed by atoms with Gasteiger partial charge in [-0.1, -0.05) is 6.07 Å². The molecule has 4 heteroatoms. The van der Waals surface area contributed by atoms with Gasteiger partial charge in [0.1, 0.15) is 5.75 Å². The van der Waals surface area contributed by atoms with Crippen LogP contribution in [0.5, 0.6) is 11.6 Å². The molecular weight excluding hydrogens is 267 g/mol. The number of rotatable bonds is 4. The van der Waals surface area contributed by atoms with Gasteiger partial charge >= 0.3 is 0 Å². The predicted molar refractivity (Wildman–Crippen MR) is 80.1 cm³/mol. The summed E-state index contributed by atoms with van der Waals surface area (Å²) in [6.45, 7) is 0.453. The Kier molecular flexibility index (Phi) is 4.15. The lowest BCUT2D eigenvalue weighted by molar-refractivity contribution is 0.417. The zero-order valence-corrected chi connectivity index (χ0v) is 12.2. The van der Waals surface area contributed by atoms with Crippen molar-refractivity contribution in [2.24, 2.45) is 0 Å². The van der Waals surface area contributed by atoms with Gasteiger partial charge in [0.05, 0.1) is 0 Å². The van der Waals surface area contributed by atoms with Crippen LogP contribution in [-0.4, -0.2) is 12.0 Å². The molecule has 1 heterocycles. The maximum absolute atomic E-state index is 14.3. The summed E-state index contributed by atoms with van der Waals surface area (Å²) in [6, 6.07) is 7.65. The molecule has 0 bridgehead atoms. The summed E-state index contributed by atoms with van der Waals surface area (Å²) >= 11 is 0. The smallest absolute Gasteiger partial charge is 0.256 e. The van der Waals surface area contributed by atoms with Gasteiger partial charge in [-0.25, -0.2) is 9.37 Å². The van der Waals surface area contributed by atoms with Gasteiger partial charge in [-0.3, -0.25) is 0 Å². The van der Waals surface area contributed by atoms with Gasteiger partial charge in [0.2, 0.25) is 0 Å².